The van der Waals surface area contributed by atoms with Gasteiger partial charge in [-0.1, -0.05) is 44.2 Å². The van der Waals surface area contributed by atoms with Gasteiger partial charge in [0.15, 0.2) is 5.82 Å². The second-order valence-electron chi connectivity index (χ2n) is 9.52. The Morgan fingerprint density at radius 1 is 1.06 bits per heavy atom. The molecule has 2 amide bonds. The molecule has 0 bridgehead atoms. The Balaban J connectivity index is 1.31. The molecule has 0 saturated carbocycles. The molecule has 0 N–H and O–H groups in total. The maximum Gasteiger partial charge on any atom is 0.242 e. The van der Waals surface area contributed by atoms with Gasteiger partial charge in [0.1, 0.15) is 0 Å². The number of carbonyl (C=O) groups excluding carboxylic acids is 2. The molecule has 2 fully saturated rings. The van der Waals surface area contributed by atoms with Crippen molar-refractivity contribution in [3.63, 3.8) is 0 Å². The second kappa shape index (κ2) is 11.4. The van der Waals surface area contributed by atoms with Crippen molar-refractivity contribution >= 4 is 17.6 Å². The van der Waals surface area contributed by atoms with Crippen molar-refractivity contribution in [1.29, 1.82) is 0 Å². The summed E-state index contributed by atoms with van der Waals surface area (Å²) in [4.78, 5) is 31.6. The van der Waals surface area contributed by atoms with Gasteiger partial charge < -0.3 is 19.4 Å². The fraction of sp³-hybridized carbons (Fsp3) is 0.538. The van der Waals surface area contributed by atoms with E-state index in [0.717, 1.165) is 36.5 Å². The predicted molar refractivity (Wildman–Crippen MR) is 131 cm³/mol. The molecule has 34 heavy (non-hydrogen) atoms. The molecular formula is C26H35N5O3. The molecule has 0 radical (unpaired) electrons. The van der Waals surface area contributed by atoms with Crippen LogP contribution in [0.15, 0.2) is 42.5 Å². The van der Waals surface area contributed by atoms with E-state index >= 15 is 0 Å². The van der Waals surface area contributed by atoms with Crippen molar-refractivity contribution in [2.24, 2.45) is 5.92 Å². The Kier molecular flexibility index (Phi) is 8.11. The summed E-state index contributed by atoms with van der Waals surface area (Å²) in [6.07, 6.45) is 2.45. The summed E-state index contributed by atoms with van der Waals surface area (Å²) in [5, 5.41) is 8.79. The molecule has 182 valence electrons. The molecule has 4 rings (SSSR count). The molecule has 8 heteroatoms. The van der Waals surface area contributed by atoms with Crippen LogP contribution >= 0.6 is 0 Å². The fourth-order valence-corrected chi connectivity index (χ4v) is 4.47. The molecule has 8 nitrogen and oxygen atoms in total. The number of aromatic nitrogens is 2. The zero-order valence-corrected chi connectivity index (χ0v) is 20.2. The van der Waals surface area contributed by atoms with Gasteiger partial charge in [0.2, 0.25) is 11.8 Å². The molecule has 0 aliphatic carbocycles. The van der Waals surface area contributed by atoms with Crippen LogP contribution in [0, 0.1) is 5.92 Å². The highest BCUT2D eigenvalue weighted by molar-refractivity contribution is 5.85. The van der Waals surface area contributed by atoms with Crippen molar-refractivity contribution in [3.8, 4) is 11.3 Å². The average molecular weight is 466 g/mol. The van der Waals surface area contributed by atoms with Crippen molar-refractivity contribution in [3.05, 3.63) is 42.5 Å². The van der Waals surface area contributed by atoms with Crippen LogP contribution in [0.25, 0.3) is 11.3 Å². The molecule has 2 aliphatic rings. The normalized spacial score (nSPS) is 18.4. The third-order valence-corrected chi connectivity index (χ3v) is 6.39. The first-order valence-electron chi connectivity index (χ1n) is 12.3. The van der Waals surface area contributed by atoms with Crippen LogP contribution in [-0.2, 0) is 14.3 Å². The van der Waals surface area contributed by atoms with Gasteiger partial charge >= 0.3 is 0 Å². The highest BCUT2D eigenvalue weighted by Gasteiger charge is 2.28. The molecule has 1 aromatic carbocycles. The van der Waals surface area contributed by atoms with Gasteiger partial charge in [0.25, 0.3) is 0 Å². The zero-order valence-electron chi connectivity index (χ0n) is 20.2. The first kappa shape index (κ1) is 24.1. The van der Waals surface area contributed by atoms with Crippen LogP contribution in [-0.4, -0.2) is 83.8 Å². The summed E-state index contributed by atoms with van der Waals surface area (Å²) < 4.78 is 5.73. The standard InChI is InChI=1S/C26H35N5O3/c1-20(2)17-25(32)31(18-22-9-6-16-34-22)19-26(33)30-14-12-29(13-15-30)24-11-10-23(27-28-24)21-7-4-3-5-8-21/h3-5,7-8,10-11,20,22H,6,9,12-19H2,1-2H3. The topological polar surface area (TPSA) is 78.9 Å². The summed E-state index contributed by atoms with van der Waals surface area (Å²) >= 11 is 0. The van der Waals surface area contributed by atoms with Gasteiger partial charge in [-0.05, 0) is 30.9 Å². The van der Waals surface area contributed by atoms with E-state index in [1.807, 2.05) is 61.2 Å². The van der Waals surface area contributed by atoms with Crippen molar-refractivity contribution in [2.45, 2.75) is 39.2 Å². The lowest BCUT2D eigenvalue weighted by atomic mass is 10.1. The quantitative estimate of drug-likeness (QED) is 0.597. The largest absolute Gasteiger partial charge is 0.376 e. The van der Waals surface area contributed by atoms with E-state index in [9.17, 15) is 9.59 Å². The summed E-state index contributed by atoms with van der Waals surface area (Å²) in [5.41, 5.74) is 1.88. The minimum Gasteiger partial charge on any atom is -0.376 e. The first-order valence-corrected chi connectivity index (χ1v) is 12.3. The number of hydrogen-bond donors (Lipinski definition) is 0. The van der Waals surface area contributed by atoms with Gasteiger partial charge in [-0.25, -0.2) is 0 Å². The van der Waals surface area contributed by atoms with Gasteiger partial charge in [-0.15, -0.1) is 10.2 Å². The summed E-state index contributed by atoms with van der Waals surface area (Å²) in [6, 6.07) is 14.0. The molecule has 2 aromatic rings. The Morgan fingerprint density at radius 2 is 1.82 bits per heavy atom. The Hall–Kier alpha value is -3.00. The molecule has 0 spiro atoms. The molecule has 1 aromatic heterocycles. The highest BCUT2D eigenvalue weighted by Crippen LogP contribution is 2.20. The number of nitrogens with zero attached hydrogens (tertiary/aromatic N) is 5. The fourth-order valence-electron chi connectivity index (χ4n) is 4.47. The number of rotatable bonds is 8. The van der Waals surface area contributed by atoms with E-state index in [1.54, 1.807) is 4.90 Å². The summed E-state index contributed by atoms with van der Waals surface area (Å²) in [7, 11) is 0. The lowest BCUT2D eigenvalue weighted by Crippen LogP contribution is -2.52. The van der Waals surface area contributed by atoms with Crippen LogP contribution in [0.3, 0.4) is 0 Å². The number of hydrogen-bond acceptors (Lipinski definition) is 6. The van der Waals surface area contributed by atoms with Gasteiger partial charge in [0, 0.05) is 51.3 Å². The Bertz CT molecular complexity index is 937. The van der Waals surface area contributed by atoms with E-state index < -0.39 is 0 Å². The van der Waals surface area contributed by atoms with Gasteiger partial charge in [0.05, 0.1) is 18.3 Å². The number of anilines is 1. The first-order chi connectivity index (χ1) is 16.5. The third kappa shape index (κ3) is 6.32. The van der Waals surface area contributed by atoms with E-state index in [1.165, 1.54) is 0 Å². The predicted octanol–water partition coefficient (Wildman–Crippen LogP) is 2.85. The number of ether oxygens (including phenoxy) is 1. The number of amides is 2. The van der Waals surface area contributed by atoms with Crippen molar-refractivity contribution in [1.82, 2.24) is 20.0 Å². The number of carbonyl (C=O) groups is 2. The lowest BCUT2D eigenvalue weighted by Gasteiger charge is -2.36. The van der Waals surface area contributed by atoms with E-state index in [-0.39, 0.29) is 30.4 Å². The van der Waals surface area contributed by atoms with Crippen LogP contribution in [0.1, 0.15) is 33.1 Å². The van der Waals surface area contributed by atoms with E-state index in [2.05, 4.69) is 15.1 Å². The number of benzene rings is 1. The lowest BCUT2D eigenvalue weighted by molar-refractivity contribution is -0.142. The maximum absolute atomic E-state index is 13.1. The minimum absolute atomic E-state index is 0.000243. The van der Waals surface area contributed by atoms with Crippen molar-refractivity contribution < 1.29 is 14.3 Å². The molecular weight excluding hydrogens is 430 g/mol. The Morgan fingerprint density at radius 3 is 2.44 bits per heavy atom. The zero-order chi connectivity index (χ0) is 23.9. The molecule has 3 heterocycles. The monoisotopic (exact) mass is 465 g/mol. The third-order valence-electron chi connectivity index (χ3n) is 6.39. The Labute approximate surface area is 201 Å². The maximum atomic E-state index is 13.1. The second-order valence-corrected chi connectivity index (χ2v) is 9.52. The van der Waals surface area contributed by atoms with Crippen LogP contribution in [0.2, 0.25) is 0 Å². The molecule has 2 aliphatic heterocycles. The van der Waals surface area contributed by atoms with Gasteiger partial charge in [-0.2, -0.15) is 0 Å². The highest BCUT2D eigenvalue weighted by atomic mass is 16.5. The van der Waals surface area contributed by atoms with Crippen LogP contribution in [0.5, 0.6) is 0 Å². The number of piperazine rings is 1. The molecule has 2 saturated heterocycles. The van der Waals surface area contributed by atoms with E-state index in [4.69, 9.17) is 4.74 Å². The smallest absolute Gasteiger partial charge is 0.242 e. The van der Waals surface area contributed by atoms with E-state index in [0.29, 0.717) is 39.1 Å². The molecule has 1 atom stereocenters. The average Bonchev–Trinajstić information content (AvgIpc) is 3.37. The van der Waals surface area contributed by atoms with Crippen LogP contribution < -0.4 is 4.90 Å². The SMILES string of the molecule is CC(C)CC(=O)N(CC(=O)N1CCN(c2ccc(-c3ccccc3)nn2)CC1)CC1CCCO1. The van der Waals surface area contributed by atoms with Crippen LogP contribution in [0.4, 0.5) is 5.82 Å². The summed E-state index contributed by atoms with van der Waals surface area (Å²) in [5.74, 6) is 1.11. The minimum atomic E-state index is 0.000243. The van der Waals surface area contributed by atoms with Gasteiger partial charge in [-0.3, -0.25) is 9.59 Å². The molecule has 1 unspecified atom stereocenters. The summed E-state index contributed by atoms with van der Waals surface area (Å²) in [6.45, 7) is 8.00. The van der Waals surface area contributed by atoms with Crippen molar-refractivity contribution in [2.75, 3.05) is 50.8 Å².